The number of hydrogen-bond acceptors (Lipinski definition) is 2. The molecule has 0 radical (unpaired) electrons. The molecule has 21 heavy (non-hydrogen) atoms. The van der Waals surface area contributed by atoms with E-state index >= 15 is 0 Å². The zero-order chi connectivity index (χ0) is 15.6. The van der Waals surface area contributed by atoms with Crippen molar-refractivity contribution in [3.8, 4) is 17.6 Å². The van der Waals surface area contributed by atoms with Crippen LogP contribution in [-0.2, 0) is 6.18 Å². The molecule has 2 nitrogen and oxygen atoms in total. The van der Waals surface area contributed by atoms with Crippen LogP contribution in [0, 0.1) is 11.3 Å². The van der Waals surface area contributed by atoms with Crippen molar-refractivity contribution in [3.05, 3.63) is 57.6 Å². The van der Waals surface area contributed by atoms with E-state index in [-0.39, 0.29) is 22.1 Å². The van der Waals surface area contributed by atoms with Crippen LogP contribution in [0.25, 0.3) is 0 Å². The third-order valence-corrected chi connectivity index (χ3v) is 3.09. The molecule has 0 saturated carbocycles. The van der Waals surface area contributed by atoms with Crippen molar-refractivity contribution in [1.29, 1.82) is 5.26 Å². The maximum atomic E-state index is 12.6. The van der Waals surface area contributed by atoms with Crippen LogP contribution in [-0.4, -0.2) is 0 Å². The Morgan fingerprint density at radius 1 is 1.00 bits per heavy atom. The van der Waals surface area contributed by atoms with Gasteiger partial charge in [0.05, 0.1) is 16.1 Å². The second-order valence-corrected chi connectivity index (χ2v) is 4.84. The summed E-state index contributed by atoms with van der Waals surface area (Å²) < 4.78 is 43.1. The fraction of sp³-hybridized carbons (Fsp3) is 0.0714. The van der Waals surface area contributed by atoms with Gasteiger partial charge in [-0.3, -0.25) is 0 Å². The Labute approximate surface area is 128 Å². The van der Waals surface area contributed by atoms with Crippen molar-refractivity contribution in [2.24, 2.45) is 0 Å². The summed E-state index contributed by atoms with van der Waals surface area (Å²) in [6.45, 7) is 0. The molecule has 2 aromatic rings. The smallest absolute Gasteiger partial charge is 0.416 e. The highest BCUT2D eigenvalue weighted by molar-refractivity contribution is 6.34. The topological polar surface area (TPSA) is 33.0 Å². The molecule has 2 aromatic carbocycles. The summed E-state index contributed by atoms with van der Waals surface area (Å²) in [5, 5.41) is 9.53. The summed E-state index contributed by atoms with van der Waals surface area (Å²) in [5.74, 6) is 0.120. The quantitative estimate of drug-likeness (QED) is 0.709. The van der Waals surface area contributed by atoms with Crippen molar-refractivity contribution in [2.75, 3.05) is 0 Å². The van der Waals surface area contributed by atoms with Crippen molar-refractivity contribution in [3.63, 3.8) is 0 Å². The fourth-order valence-corrected chi connectivity index (χ4v) is 1.87. The molecule has 0 aliphatic rings. The largest absolute Gasteiger partial charge is 0.454 e. The van der Waals surface area contributed by atoms with Crippen molar-refractivity contribution in [1.82, 2.24) is 0 Å². The normalized spacial score (nSPS) is 11.0. The highest BCUT2D eigenvalue weighted by Gasteiger charge is 2.31. The summed E-state index contributed by atoms with van der Waals surface area (Å²) in [7, 11) is 0. The van der Waals surface area contributed by atoms with E-state index in [1.54, 1.807) is 6.07 Å². The first kappa shape index (κ1) is 15.5. The molecule has 2 rings (SSSR count). The fourth-order valence-electron chi connectivity index (χ4n) is 1.56. The Kier molecular flexibility index (Phi) is 4.31. The third-order valence-electron chi connectivity index (χ3n) is 2.54. The Hall–Kier alpha value is -1.90. The van der Waals surface area contributed by atoms with Gasteiger partial charge in [0.15, 0.2) is 0 Å². The standard InChI is InChI=1S/C14H6Cl2F3NO/c15-10-2-3-11(16)13(6-10)21-12-4-1-9(14(17,18)19)5-8(12)7-20/h1-6H. The Morgan fingerprint density at radius 2 is 1.71 bits per heavy atom. The molecular weight excluding hydrogens is 326 g/mol. The first-order valence-electron chi connectivity index (χ1n) is 5.55. The highest BCUT2D eigenvalue weighted by atomic mass is 35.5. The Morgan fingerprint density at radius 3 is 2.33 bits per heavy atom. The van der Waals surface area contributed by atoms with Gasteiger partial charge in [-0.05, 0) is 30.3 Å². The summed E-state index contributed by atoms with van der Waals surface area (Å²) in [5.41, 5.74) is -1.18. The van der Waals surface area contributed by atoms with Crippen molar-refractivity contribution < 1.29 is 17.9 Å². The van der Waals surface area contributed by atoms with Crippen LogP contribution in [0.15, 0.2) is 36.4 Å². The number of benzene rings is 2. The van der Waals surface area contributed by atoms with Gasteiger partial charge in [-0.15, -0.1) is 0 Å². The number of hydrogen-bond donors (Lipinski definition) is 0. The number of ether oxygens (including phenoxy) is 1. The van der Waals surface area contributed by atoms with E-state index in [1.165, 1.54) is 18.2 Å². The van der Waals surface area contributed by atoms with E-state index in [4.69, 9.17) is 33.2 Å². The number of nitriles is 1. The Bertz CT molecular complexity index is 723. The molecule has 0 heterocycles. The number of rotatable bonds is 2. The van der Waals surface area contributed by atoms with E-state index in [2.05, 4.69) is 0 Å². The van der Waals surface area contributed by atoms with Crippen LogP contribution >= 0.6 is 23.2 Å². The average molecular weight is 332 g/mol. The molecule has 0 N–H and O–H groups in total. The lowest BCUT2D eigenvalue weighted by Gasteiger charge is -2.12. The van der Waals surface area contributed by atoms with Crippen LogP contribution in [0.2, 0.25) is 10.0 Å². The summed E-state index contributed by atoms with van der Waals surface area (Å²) in [6, 6.07) is 8.70. The molecule has 0 saturated heterocycles. The molecule has 0 aliphatic heterocycles. The molecule has 0 aliphatic carbocycles. The second kappa shape index (κ2) is 5.84. The van der Waals surface area contributed by atoms with Crippen molar-refractivity contribution in [2.45, 2.75) is 6.18 Å². The van der Waals surface area contributed by atoms with Gasteiger partial charge in [-0.25, -0.2) is 0 Å². The lowest BCUT2D eigenvalue weighted by molar-refractivity contribution is -0.137. The molecule has 108 valence electrons. The summed E-state index contributed by atoms with van der Waals surface area (Å²) in [4.78, 5) is 0. The predicted octanol–water partition coefficient (Wildman–Crippen LogP) is 5.68. The van der Waals surface area contributed by atoms with Crippen LogP contribution in [0.3, 0.4) is 0 Å². The van der Waals surface area contributed by atoms with Gasteiger partial charge in [-0.1, -0.05) is 23.2 Å². The molecule has 0 unspecified atom stereocenters. The lowest BCUT2D eigenvalue weighted by Crippen LogP contribution is -2.05. The van der Waals surface area contributed by atoms with Gasteiger partial charge in [0.2, 0.25) is 0 Å². The highest BCUT2D eigenvalue weighted by Crippen LogP contribution is 2.36. The zero-order valence-corrected chi connectivity index (χ0v) is 11.7. The van der Waals surface area contributed by atoms with Gasteiger partial charge in [0, 0.05) is 11.1 Å². The third kappa shape index (κ3) is 3.60. The van der Waals surface area contributed by atoms with E-state index in [9.17, 15) is 13.2 Å². The van der Waals surface area contributed by atoms with Crippen LogP contribution in [0.1, 0.15) is 11.1 Å². The summed E-state index contributed by atoms with van der Waals surface area (Å²) >= 11 is 11.7. The lowest BCUT2D eigenvalue weighted by atomic mass is 10.1. The molecule has 7 heteroatoms. The summed E-state index contributed by atoms with van der Waals surface area (Å²) in [6.07, 6.45) is -4.53. The zero-order valence-electron chi connectivity index (χ0n) is 10.2. The van der Waals surface area contributed by atoms with Crippen LogP contribution < -0.4 is 4.74 Å². The van der Waals surface area contributed by atoms with Gasteiger partial charge in [-0.2, -0.15) is 18.4 Å². The number of nitrogens with zero attached hydrogens (tertiary/aromatic N) is 1. The molecular formula is C14H6Cl2F3NO. The van der Waals surface area contributed by atoms with E-state index in [0.29, 0.717) is 11.1 Å². The molecule has 0 spiro atoms. The van der Waals surface area contributed by atoms with Crippen LogP contribution in [0.5, 0.6) is 11.5 Å². The first-order valence-corrected chi connectivity index (χ1v) is 6.31. The van der Waals surface area contributed by atoms with E-state index in [0.717, 1.165) is 12.1 Å². The molecule has 0 aromatic heterocycles. The minimum atomic E-state index is -4.53. The van der Waals surface area contributed by atoms with E-state index < -0.39 is 11.7 Å². The maximum Gasteiger partial charge on any atom is 0.416 e. The van der Waals surface area contributed by atoms with Crippen molar-refractivity contribution >= 4 is 23.2 Å². The van der Waals surface area contributed by atoms with Gasteiger partial charge in [0.1, 0.15) is 17.6 Å². The number of halogens is 5. The SMILES string of the molecule is N#Cc1cc(C(F)(F)F)ccc1Oc1cc(Cl)ccc1Cl. The monoisotopic (exact) mass is 331 g/mol. The van der Waals surface area contributed by atoms with Crippen LogP contribution in [0.4, 0.5) is 13.2 Å². The minimum absolute atomic E-state index is 0.0327. The van der Waals surface area contributed by atoms with Gasteiger partial charge >= 0.3 is 6.18 Å². The predicted molar refractivity (Wildman–Crippen MR) is 72.7 cm³/mol. The molecule has 0 fully saturated rings. The van der Waals surface area contributed by atoms with Gasteiger partial charge < -0.3 is 4.74 Å². The molecule has 0 amide bonds. The minimum Gasteiger partial charge on any atom is -0.454 e. The van der Waals surface area contributed by atoms with Gasteiger partial charge in [0.25, 0.3) is 0 Å². The number of alkyl halides is 3. The second-order valence-electron chi connectivity index (χ2n) is 4.00. The molecule has 0 atom stereocenters. The Balaban J connectivity index is 2.41. The maximum absolute atomic E-state index is 12.6. The first-order chi connectivity index (χ1) is 9.81. The molecule has 0 bridgehead atoms. The van der Waals surface area contributed by atoms with E-state index in [1.807, 2.05) is 0 Å². The average Bonchev–Trinajstić information content (AvgIpc) is 2.42.